The monoisotopic (exact) mass is 312 g/mol. The number of rotatable bonds is 5. The van der Waals surface area contributed by atoms with E-state index in [1.54, 1.807) is 19.1 Å². The third-order valence-corrected chi connectivity index (χ3v) is 6.01. The summed E-state index contributed by atoms with van der Waals surface area (Å²) in [5.74, 6) is 0. The largest absolute Gasteiger partial charge is 0.392 e. The fourth-order valence-corrected chi connectivity index (χ4v) is 3.77. The molecule has 1 heterocycles. The predicted octanol–water partition coefficient (Wildman–Crippen LogP) is 2.06. The normalized spacial score (nSPS) is 15.5. The van der Waals surface area contributed by atoms with Gasteiger partial charge in [0.05, 0.1) is 15.4 Å². The van der Waals surface area contributed by atoms with Crippen molar-refractivity contribution in [3.63, 3.8) is 0 Å². The minimum atomic E-state index is -3.55. The lowest BCUT2D eigenvalue weighted by molar-refractivity contribution is 0.565. The van der Waals surface area contributed by atoms with Gasteiger partial charge in [0, 0.05) is 4.88 Å². The second kappa shape index (κ2) is 5.62. The molecular formula is C9H13ClN2O2S3. The first-order chi connectivity index (χ1) is 7.74. The van der Waals surface area contributed by atoms with Crippen LogP contribution >= 0.6 is 35.2 Å². The van der Waals surface area contributed by atoms with Gasteiger partial charge in [0.25, 0.3) is 0 Å². The Balaban J connectivity index is 2.81. The van der Waals surface area contributed by atoms with Crippen LogP contribution in [0.15, 0.2) is 12.1 Å². The van der Waals surface area contributed by atoms with Crippen molar-refractivity contribution in [2.45, 2.75) is 25.1 Å². The van der Waals surface area contributed by atoms with E-state index in [1.165, 1.54) is 18.3 Å². The lowest BCUT2D eigenvalue weighted by atomic mass is 10.3. The molecule has 2 atom stereocenters. The summed E-state index contributed by atoms with van der Waals surface area (Å²) < 4.78 is 26.9. The third-order valence-electron chi connectivity index (χ3n) is 2.23. The Bertz CT molecular complexity index is 512. The van der Waals surface area contributed by atoms with Gasteiger partial charge < -0.3 is 5.73 Å². The minimum Gasteiger partial charge on any atom is -0.392 e. The van der Waals surface area contributed by atoms with Crippen LogP contribution in [0.4, 0.5) is 0 Å². The molecule has 0 saturated heterocycles. The maximum Gasteiger partial charge on any atom is 0.221 e. The van der Waals surface area contributed by atoms with Crippen molar-refractivity contribution in [3.05, 3.63) is 21.3 Å². The SMILES string of the molecule is CC(NS(=O)(=O)C(C)C(N)=S)c1ccc(Cl)s1. The Morgan fingerprint density at radius 1 is 1.53 bits per heavy atom. The molecule has 2 unspecified atom stereocenters. The lowest BCUT2D eigenvalue weighted by Gasteiger charge is -2.16. The Labute approximate surface area is 115 Å². The van der Waals surface area contributed by atoms with Crippen LogP contribution in [0.1, 0.15) is 24.8 Å². The van der Waals surface area contributed by atoms with Crippen LogP contribution in [0.2, 0.25) is 4.34 Å². The van der Waals surface area contributed by atoms with Crippen molar-refractivity contribution in [1.82, 2.24) is 4.72 Å². The average molecular weight is 313 g/mol. The number of hydrogen-bond acceptors (Lipinski definition) is 4. The van der Waals surface area contributed by atoms with Gasteiger partial charge in [-0.1, -0.05) is 23.8 Å². The quantitative estimate of drug-likeness (QED) is 0.816. The van der Waals surface area contributed by atoms with Crippen molar-refractivity contribution < 1.29 is 8.42 Å². The first kappa shape index (κ1) is 14.8. The van der Waals surface area contributed by atoms with E-state index >= 15 is 0 Å². The first-order valence-corrected chi connectivity index (χ1v) is 7.94. The Hall–Kier alpha value is -0.210. The van der Waals surface area contributed by atoms with E-state index in [2.05, 4.69) is 16.9 Å². The molecule has 3 N–H and O–H groups in total. The van der Waals surface area contributed by atoms with E-state index < -0.39 is 15.3 Å². The average Bonchev–Trinajstić information content (AvgIpc) is 2.63. The standard InChI is InChI=1S/C9H13ClN2O2S3/c1-5(7-3-4-8(10)16-7)12-17(13,14)6(2)9(11)15/h3-6,12H,1-2H3,(H2,11,15). The van der Waals surface area contributed by atoms with Crippen LogP contribution in [0.3, 0.4) is 0 Å². The topological polar surface area (TPSA) is 72.2 Å². The second-order valence-electron chi connectivity index (χ2n) is 3.57. The molecule has 0 aliphatic heterocycles. The summed E-state index contributed by atoms with van der Waals surface area (Å²) in [7, 11) is -3.55. The summed E-state index contributed by atoms with van der Waals surface area (Å²) in [6.45, 7) is 3.20. The molecule has 0 bridgehead atoms. The molecule has 1 aromatic rings. The molecule has 17 heavy (non-hydrogen) atoms. The van der Waals surface area contributed by atoms with E-state index in [0.29, 0.717) is 4.34 Å². The van der Waals surface area contributed by atoms with Gasteiger partial charge in [-0.2, -0.15) is 0 Å². The molecular weight excluding hydrogens is 300 g/mol. The van der Waals surface area contributed by atoms with E-state index in [9.17, 15) is 8.42 Å². The summed E-state index contributed by atoms with van der Waals surface area (Å²) >= 11 is 11.8. The van der Waals surface area contributed by atoms with Gasteiger partial charge in [-0.3, -0.25) is 0 Å². The number of nitrogens with one attached hydrogen (secondary N) is 1. The maximum atomic E-state index is 11.9. The van der Waals surface area contributed by atoms with Crippen LogP contribution in [-0.2, 0) is 10.0 Å². The highest BCUT2D eigenvalue weighted by Crippen LogP contribution is 2.27. The van der Waals surface area contributed by atoms with Gasteiger partial charge in [0.2, 0.25) is 10.0 Å². The number of hydrogen-bond donors (Lipinski definition) is 2. The third kappa shape index (κ3) is 3.89. The fraction of sp³-hybridized carbons (Fsp3) is 0.444. The number of halogens is 1. The van der Waals surface area contributed by atoms with E-state index in [0.717, 1.165) is 4.88 Å². The summed E-state index contributed by atoms with van der Waals surface area (Å²) in [6, 6.07) is 3.16. The molecule has 0 amide bonds. The molecule has 4 nitrogen and oxygen atoms in total. The van der Waals surface area contributed by atoms with Gasteiger partial charge in [-0.25, -0.2) is 13.1 Å². The van der Waals surface area contributed by atoms with Crippen LogP contribution in [0.5, 0.6) is 0 Å². The summed E-state index contributed by atoms with van der Waals surface area (Å²) in [6.07, 6.45) is 0. The van der Waals surface area contributed by atoms with E-state index in [4.69, 9.17) is 17.3 Å². The molecule has 0 saturated carbocycles. The predicted molar refractivity (Wildman–Crippen MR) is 76.0 cm³/mol. The van der Waals surface area contributed by atoms with Crippen molar-refractivity contribution in [2.24, 2.45) is 5.73 Å². The fourth-order valence-electron chi connectivity index (χ4n) is 1.12. The van der Waals surface area contributed by atoms with Gasteiger partial charge in [0.15, 0.2) is 0 Å². The Morgan fingerprint density at radius 2 is 2.12 bits per heavy atom. The maximum absolute atomic E-state index is 11.9. The summed E-state index contributed by atoms with van der Waals surface area (Å²) in [5.41, 5.74) is 5.33. The molecule has 96 valence electrons. The molecule has 0 aromatic carbocycles. The van der Waals surface area contributed by atoms with Crippen LogP contribution in [0, 0.1) is 0 Å². The van der Waals surface area contributed by atoms with Gasteiger partial charge in [-0.05, 0) is 26.0 Å². The number of nitrogens with two attached hydrogens (primary N) is 1. The highest BCUT2D eigenvalue weighted by Gasteiger charge is 2.25. The molecule has 1 aromatic heterocycles. The van der Waals surface area contributed by atoms with Crippen molar-refractivity contribution in [2.75, 3.05) is 0 Å². The van der Waals surface area contributed by atoms with Crippen molar-refractivity contribution >= 4 is 50.2 Å². The van der Waals surface area contributed by atoms with E-state index in [1.807, 2.05) is 0 Å². The first-order valence-electron chi connectivity index (χ1n) is 4.79. The van der Waals surface area contributed by atoms with Crippen LogP contribution < -0.4 is 10.5 Å². The molecule has 0 aliphatic carbocycles. The summed E-state index contributed by atoms with van der Waals surface area (Å²) in [4.78, 5) is 0.794. The van der Waals surface area contributed by atoms with Gasteiger partial charge >= 0.3 is 0 Å². The highest BCUT2D eigenvalue weighted by atomic mass is 35.5. The van der Waals surface area contributed by atoms with Crippen LogP contribution in [0.25, 0.3) is 0 Å². The Morgan fingerprint density at radius 3 is 2.53 bits per heavy atom. The zero-order chi connectivity index (χ0) is 13.2. The number of thiocarbonyl (C=S) groups is 1. The molecule has 8 heteroatoms. The van der Waals surface area contributed by atoms with Crippen molar-refractivity contribution in [1.29, 1.82) is 0 Å². The smallest absolute Gasteiger partial charge is 0.221 e. The molecule has 0 aliphatic rings. The van der Waals surface area contributed by atoms with Crippen molar-refractivity contribution in [3.8, 4) is 0 Å². The van der Waals surface area contributed by atoms with Crippen LogP contribution in [-0.4, -0.2) is 18.7 Å². The zero-order valence-corrected chi connectivity index (χ0v) is 12.5. The molecule has 0 radical (unpaired) electrons. The number of thiophene rings is 1. The lowest BCUT2D eigenvalue weighted by Crippen LogP contribution is -2.40. The highest BCUT2D eigenvalue weighted by molar-refractivity contribution is 7.93. The summed E-state index contributed by atoms with van der Waals surface area (Å²) in [5, 5.41) is -0.893. The molecule has 0 fully saturated rings. The minimum absolute atomic E-state index is 0.0473. The van der Waals surface area contributed by atoms with E-state index in [-0.39, 0.29) is 11.0 Å². The molecule has 0 spiro atoms. The number of sulfonamides is 1. The zero-order valence-electron chi connectivity index (χ0n) is 9.31. The molecule has 1 rings (SSSR count). The van der Waals surface area contributed by atoms with Gasteiger partial charge in [0.1, 0.15) is 5.25 Å². The van der Waals surface area contributed by atoms with Gasteiger partial charge in [-0.15, -0.1) is 11.3 Å². The second-order valence-corrected chi connectivity index (χ2v) is 7.82. The Kier molecular flexibility index (Phi) is 4.91.